The third kappa shape index (κ3) is 7.55. The van der Waals surface area contributed by atoms with Crippen molar-refractivity contribution in [2.24, 2.45) is 10.6 Å². The maximum absolute atomic E-state index is 13.4. The van der Waals surface area contributed by atoms with Gasteiger partial charge >= 0.3 is 12.1 Å². The summed E-state index contributed by atoms with van der Waals surface area (Å²) in [4.78, 5) is 44.8. The highest BCUT2D eigenvalue weighted by atomic mass is 16.6. The maximum atomic E-state index is 13.4. The van der Waals surface area contributed by atoms with Crippen LogP contribution in [-0.4, -0.2) is 66.0 Å². The minimum Gasteiger partial charge on any atom is -0.467 e. The number of nitrogens with one attached hydrogen (secondary N) is 1. The van der Waals surface area contributed by atoms with Crippen LogP contribution in [0.15, 0.2) is 5.16 Å². The summed E-state index contributed by atoms with van der Waals surface area (Å²) in [5, 5.41) is 6.60. The molecule has 0 saturated carbocycles. The lowest BCUT2D eigenvalue weighted by atomic mass is 9.85. The van der Waals surface area contributed by atoms with E-state index in [0.29, 0.717) is 0 Å². The average molecular weight is 414 g/mol. The van der Waals surface area contributed by atoms with Crippen molar-refractivity contribution >= 4 is 23.7 Å². The lowest BCUT2D eigenvalue weighted by molar-refractivity contribution is -0.152. The molecule has 0 bridgehead atoms. The number of likely N-dealkylation sites (tertiary alicyclic amines) is 1. The molecule has 3 atom stereocenters. The minimum absolute atomic E-state index is 0.165. The number of carbonyl (C=O) groups is 3. The van der Waals surface area contributed by atoms with Crippen LogP contribution in [0.4, 0.5) is 4.79 Å². The van der Waals surface area contributed by atoms with Gasteiger partial charge in [-0.15, -0.1) is 0 Å². The van der Waals surface area contributed by atoms with E-state index in [1.54, 1.807) is 34.6 Å². The van der Waals surface area contributed by atoms with Crippen LogP contribution in [0.25, 0.3) is 0 Å². The van der Waals surface area contributed by atoms with E-state index in [9.17, 15) is 14.4 Å². The summed E-state index contributed by atoms with van der Waals surface area (Å²) in [5.74, 6) is -0.936. The normalized spacial score (nSPS) is 20.5. The zero-order valence-electron chi connectivity index (χ0n) is 19.0. The number of esters is 1. The lowest BCUT2D eigenvalue weighted by Gasteiger charge is -2.35. The molecular formula is C20H35N3O6. The van der Waals surface area contributed by atoms with E-state index < -0.39 is 47.2 Å². The first-order chi connectivity index (χ1) is 13.2. The Morgan fingerprint density at radius 3 is 2.14 bits per heavy atom. The molecule has 0 unspecified atom stereocenters. The number of nitrogens with zero attached hydrogens (tertiary/aromatic N) is 2. The largest absolute Gasteiger partial charge is 0.467 e. The summed E-state index contributed by atoms with van der Waals surface area (Å²) in [7, 11) is 1.27. The molecule has 9 heteroatoms. The summed E-state index contributed by atoms with van der Waals surface area (Å²) in [6.07, 6.45) is -0.878. The molecule has 9 nitrogen and oxygen atoms in total. The second-order valence-corrected chi connectivity index (χ2v) is 9.48. The zero-order valence-corrected chi connectivity index (χ0v) is 19.0. The second-order valence-electron chi connectivity index (χ2n) is 9.48. The Hall–Kier alpha value is -2.32. The number of alkyl carbamates (subject to hydrolysis) is 1. The first-order valence-electron chi connectivity index (χ1n) is 9.70. The topological polar surface area (TPSA) is 107 Å². The number of amides is 2. The van der Waals surface area contributed by atoms with Crippen molar-refractivity contribution in [3.05, 3.63) is 0 Å². The van der Waals surface area contributed by atoms with Crippen molar-refractivity contribution in [2.75, 3.05) is 13.7 Å². The molecule has 29 heavy (non-hydrogen) atoms. The molecule has 1 saturated heterocycles. The minimum atomic E-state index is -0.903. The van der Waals surface area contributed by atoms with E-state index in [-0.39, 0.29) is 13.0 Å². The van der Waals surface area contributed by atoms with Crippen LogP contribution in [0.2, 0.25) is 0 Å². The third-order valence-electron chi connectivity index (χ3n) is 4.18. The summed E-state index contributed by atoms with van der Waals surface area (Å²) in [6.45, 7) is 14.5. The van der Waals surface area contributed by atoms with Crippen molar-refractivity contribution < 1.29 is 28.7 Å². The number of hydrogen-bond acceptors (Lipinski definition) is 7. The molecule has 0 aromatic heterocycles. The molecule has 0 spiro atoms. The van der Waals surface area contributed by atoms with Gasteiger partial charge in [0.05, 0.1) is 19.4 Å². The molecule has 1 fully saturated rings. The van der Waals surface area contributed by atoms with Crippen molar-refractivity contribution in [3.63, 3.8) is 0 Å². The van der Waals surface area contributed by atoms with Gasteiger partial charge in [0.1, 0.15) is 23.8 Å². The van der Waals surface area contributed by atoms with E-state index in [1.807, 2.05) is 20.8 Å². The zero-order chi connectivity index (χ0) is 22.6. The van der Waals surface area contributed by atoms with Crippen molar-refractivity contribution in [1.29, 1.82) is 0 Å². The van der Waals surface area contributed by atoms with Gasteiger partial charge in [-0.25, -0.2) is 9.59 Å². The molecule has 0 aliphatic carbocycles. The highest BCUT2D eigenvalue weighted by molar-refractivity contribution is 5.91. The highest BCUT2D eigenvalue weighted by Crippen LogP contribution is 2.28. The number of carbonyl (C=O) groups excluding carboxylic acids is 3. The molecule has 1 aliphatic heterocycles. The van der Waals surface area contributed by atoms with E-state index >= 15 is 0 Å². The van der Waals surface area contributed by atoms with Crippen LogP contribution in [0.1, 0.15) is 61.8 Å². The van der Waals surface area contributed by atoms with Gasteiger partial charge in [-0.05, 0) is 40.0 Å². The first kappa shape index (κ1) is 24.7. The van der Waals surface area contributed by atoms with Gasteiger partial charge in [-0.2, -0.15) is 0 Å². The van der Waals surface area contributed by atoms with E-state index in [2.05, 4.69) is 10.5 Å². The Morgan fingerprint density at radius 2 is 1.69 bits per heavy atom. The van der Waals surface area contributed by atoms with Crippen molar-refractivity contribution in [3.8, 4) is 0 Å². The highest BCUT2D eigenvalue weighted by Gasteiger charge is 2.46. The molecule has 166 valence electrons. The number of ether oxygens (including phenoxy) is 2. The van der Waals surface area contributed by atoms with Gasteiger partial charge in [-0.3, -0.25) is 4.79 Å². The van der Waals surface area contributed by atoms with Crippen LogP contribution < -0.4 is 5.32 Å². The molecule has 1 rings (SSSR count). The van der Waals surface area contributed by atoms with Gasteiger partial charge in [-0.1, -0.05) is 25.9 Å². The monoisotopic (exact) mass is 413 g/mol. The van der Waals surface area contributed by atoms with Crippen LogP contribution >= 0.6 is 0 Å². The fraction of sp³-hybridized carbons (Fsp3) is 0.800. The van der Waals surface area contributed by atoms with E-state index in [0.717, 1.165) is 5.71 Å². The fourth-order valence-electron chi connectivity index (χ4n) is 2.90. The standard InChI is InChI=1S/C20H35N3O6/c1-12(2)22-29-13-10-14(17(25)27-9)23(11-13)16(24)15(19(3,4)5)21-18(26)28-20(6,7)8/h13-15H,10-11H2,1-9H3,(H,21,26)/t13-,14+,15-/m1/s1. The van der Waals surface area contributed by atoms with Crippen LogP contribution in [0.5, 0.6) is 0 Å². The molecule has 0 aromatic rings. The average Bonchev–Trinajstić information content (AvgIpc) is 2.98. The van der Waals surface area contributed by atoms with Gasteiger partial charge in [0, 0.05) is 6.42 Å². The number of oxime groups is 1. The van der Waals surface area contributed by atoms with E-state index in [4.69, 9.17) is 14.3 Å². The lowest BCUT2D eigenvalue weighted by Crippen LogP contribution is -2.57. The van der Waals surface area contributed by atoms with Crippen LogP contribution in [-0.2, 0) is 23.9 Å². The summed E-state index contributed by atoms with van der Waals surface area (Å²) >= 11 is 0. The second kappa shape index (κ2) is 9.45. The number of rotatable bonds is 5. The molecule has 1 N–H and O–H groups in total. The Bertz CT molecular complexity index is 644. The summed E-state index contributed by atoms with van der Waals surface area (Å²) in [5.41, 5.74) is -0.595. The Labute approximate surface area is 173 Å². The van der Waals surface area contributed by atoms with Crippen LogP contribution in [0, 0.1) is 5.41 Å². The molecular weight excluding hydrogens is 378 g/mol. The maximum Gasteiger partial charge on any atom is 0.408 e. The van der Waals surface area contributed by atoms with Crippen LogP contribution in [0.3, 0.4) is 0 Å². The predicted octanol–water partition coefficient (Wildman–Crippen LogP) is 2.48. The number of hydrogen-bond donors (Lipinski definition) is 1. The van der Waals surface area contributed by atoms with E-state index in [1.165, 1.54) is 12.0 Å². The molecule has 1 heterocycles. The SMILES string of the molecule is COC(=O)[C@@H]1C[C@@H](ON=C(C)C)CN1C(=O)[C@@H](NC(=O)OC(C)(C)C)C(C)(C)C. The molecule has 2 amide bonds. The summed E-state index contributed by atoms with van der Waals surface area (Å²) in [6, 6.07) is -1.71. The smallest absolute Gasteiger partial charge is 0.408 e. The van der Waals surface area contributed by atoms with Gasteiger partial charge < -0.3 is 24.5 Å². The molecule has 1 aliphatic rings. The Kier molecular flexibility index (Phi) is 8.06. The third-order valence-corrected chi connectivity index (χ3v) is 4.18. The fourth-order valence-corrected chi connectivity index (χ4v) is 2.90. The van der Waals surface area contributed by atoms with Gasteiger partial charge in [0.25, 0.3) is 0 Å². The predicted molar refractivity (Wildman–Crippen MR) is 108 cm³/mol. The van der Waals surface area contributed by atoms with Gasteiger partial charge in [0.15, 0.2) is 0 Å². The van der Waals surface area contributed by atoms with Crippen molar-refractivity contribution in [2.45, 2.75) is 85.6 Å². The summed E-state index contributed by atoms with van der Waals surface area (Å²) < 4.78 is 10.2. The van der Waals surface area contributed by atoms with Crippen molar-refractivity contribution in [1.82, 2.24) is 10.2 Å². The quantitative estimate of drug-likeness (QED) is 0.422. The first-order valence-corrected chi connectivity index (χ1v) is 9.70. The Morgan fingerprint density at radius 1 is 1.10 bits per heavy atom. The molecule has 0 radical (unpaired) electrons. The Balaban J connectivity index is 3.08. The molecule has 0 aromatic carbocycles. The number of methoxy groups -OCH3 is 1. The van der Waals surface area contributed by atoms with Gasteiger partial charge in [0.2, 0.25) is 5.91 Å².